The molecule has 0 aliphatic heterocycles. The summed E-state index contributed by atoms with van der Waals surface area (Å²) in [6, 6.07) is 23.4. The minimum Gasteiger partial charge on any atom is -0.460 e. The zero-order valence-electron chi connectivity index (χ0n) is 16.2. The topological polar surface area (TPSA) is 73.9 Å². The first-order valence-electron chi connectivity index (χ1n) is 9.22. The molecule has 0 aliphatic rings. The number of hydrogen-bond acceptors (Lipinski definition) is 5. The largest absolute Gasteiger partial charge is 0.513 e. The summed E-state index contributed by atoms with van der Waals surface area (Å²) in [6.07, 6.45) is 0. The van der Waals surface area contributed by atoms with Crippen LogP contribution in [0.3, 0.4) is 0 Å². The van der Waals surface area contributed by atoms with E-state index in [0.29, 0.717) is 5.75 Å². The van der Waals surface area contributed by atoms with Gasteiger partial charge in [-0.1, -0.05) is 72.3 Å². The van der Waals surface area contributed by atoms with Crippen molar-refractivity contribution in [2.24, 2.45) is 0 Å². The van der Waals surface area contributed by atoms with Gasteiger partial charge in [-0.15, -0.1) is 0 Å². The lowest BCUT2D eigenvalue weighted by molar-refractivity contribution is -0.146. The number of ether oxygens (including phenoxy) is 1. The van der Waals surface area contributed by atoms with Gasteiger partial charge in [0.15, 0.2) is 0 Å². The SMILES string of the molecule is C[C@H](N[P@](=O)(Oc1ccccc1)Oc1ccccc1Cl)C(=O)OCc1ccccc1. The Morgan fingerprint density at radius 2 is 1.53 bits per heavy atom. The highest BCUT2D eigenvalue weighted by molar-refractivity contribution is 7.52. The van der Waals surface area contributed by atoms with Crippen molar-refractivity contribution < 1.29 is 23.1 Å². The van der Waals surface area contributed by atoms with Crippen molar-refractivity contribution in [1.82, 2.24) is 5.09 Å². The first-order valence-corrected chi connectivity index (χ1v) is 11.1. The summed E-state index contributed by atoms with van der Waals surface area (Å²) in [5.74, 6) is -0.125. The van der Waals surface area contributed by atoms with E-state index in [9.17, 15) is 9.36 Å². The number of benzene rings is 3. The molecule has 0 aromatic heterocycles. The molecule has 0 aliphatic carbocycles. The summed E-state index contributed by atoms with van der Waals surface area (Å²) in [5.41, 5.74) is 0.842. The van der Waals surface area contributed by atoms with Crippen molar-refractivity contribution in [3.05, 3.63) is 95.5 Å². The van der Waals surface area contributed by atoms with Crippen molar-refractivity contribution in [1.29, 1.82) is 0 Å². The van der Waals surface area contributed by atoms with Gasteiger partial charge in [-0.3, -0.25) is 4.79 Å². The fourth-order valence-corrected chi connectivity index (χ4v) is 4.25. The van der Waals surface area contributed by atoms with E-state index in [4.69, 9.17) is 25.4 Å². The zero-order valence-corrected chi connectivity index (χ0v) is 17.9. The lowest BCUT2D eigenvalue weighted by atomic mass is 10.2. The number of esters is 1. The van der Waals surface area contributed by atoms with E-state index in [2.05, 4.69) is 5.09 Å². The molecule has 0 unspecified atom stereocenters. The van der Waals surface area contributed by atoms with E-state index < -0.39 is 19.8 Å². The van der Waals surface area contributed by atoms with Gasteiger partial charge in [0.1, 0.15) is 24.1 Å². The number of rotatable bonds is 9. The van der Waals surface area contributed by atoms with Crippen molar-refractivity contribution in [3.8, 4) is 11.5 Å². The molecule has 156 valence electrons. The van der Waals surface area contributed by atoms with Crippen molar-refractivity contribution in [2.45, 2.75) is 19.6 Å². The van der Waals surface area contributed by atoms with Crippen LogP contribution in [0.5, 0.6) is 11.5 Å². The van der Waals surface area contributed by atoms with Crippen molar-refractivity contribution >= 4 is 25.3 Å². The summed E-state index contributed by atoms with van der Waals surface area (Å²) < 4.78 is 30.0. The maximum Gasteiger partial charge on any atom is 0.513 e. The van der Waals surface area contributed by atoms with Crippen LogP contribution >= 0.6 is 19.3 Å². The number of nitrogens with one attached hydrogen (secondary N) is 1. The van der Waals surface area contributed by atoms with Gasteiger partial charge in [-0.25, -0.2) is 4.57 Å². The van der Waals surface area contributed by atoms with E-state index in [-0.39, 0.29) is 17.4 Å². The molecule has 0 amide bonds. The smallest absolute Gasteiger partial charge is 0.460 e. The van der Waals surface area contributed by atoms with Crippen molar-refractivity contribution in [3.63, 3.8) is 0 Å². The Hall–Kier alpha value is -2.79. The summed E-state index contributed by atoms with van der Waals surface area (Å²) in [7, 11) is -4.03. The van der Waals surface area contributed by atoms with E-state index in [1.165, 1.54) is 6.92 Å². The van der Waals surface area contributed by atoms with Gasteiger partial charge in [0, 0.05) is 0 Å². The van der Waals surface area contributed by atoms with Crippen LogP contribution in [0.4, 0.5) is 0 Å². The highest BCUT2D eigenvalue weighted by Crippen LogP contribution is 2.47. The number of carbonyl (C=O) groups is 1. The fourth-order valence-electron chi connectivity index (χ4n) is 2.48. The highest BCUT2D eigenvalue weighted by atomic mass is 35.5. The number of halogens is 1. The molecule has 0 fully saturated rings. The lowest BCUT2D eigenvalue weighted by Gasteiger charge is -2.23. The first-order chi connectivity index (χ1) is 14.5. The predicted octanol–water partition coefficient (Wildman–Crippen LogP) is 5.63. The quantitative estimate of drug-likeness (QED) is 0.340. The van der Waals surface area contributed by atoms with E-state index in [1.54, 1.807) is 54.6 Å². The second-order valence-electron chi connectivity index (χ2n) is 6.37. The van der Waals surface area contributed by atoms with Gasteiger partial charge < -0.3 is 13.8 Å². The molecule has 3 rings (SSSR count). The Morgan fingerprint density at radius 3 is 2.20 bits per heavy atom. The van der Waals surface area contributed by atoms with Crippen LogP contribution in [0, 0.1) is 0 Å². The van der Waals surface area contributed by atoms with E-state index in [1.807, 2.05) is 30.3 Å². The van der Waals surface area contributed by atoms with Crippen LogP contribution < -0.4 is 14.1 Å². The van der Waals surface area contributed by atoms with Crippen LogP contribution in [-0.2, 0) is 20.7 Å². The minimum atomic E-state index is -4.03. The molecule has 0 saturated carbocycles. The van der Waals surface area contributed by atoms with E-state index >= 15 is 0 Å². The van der Waals surface area contributed by atoms with Gasteiger partial charge in [-0.2, -0.15) is 5.09 Å². The first kappa shape index (κ1) is 21.9. The second-order valence-corrected chi connectivity index (χ2v) is 8.39. The molecule has 0 spiro atoms. The molecule has 3 aromatic rings. The molecule has 0 bridgehead atoms. The normalized spacial score (nSPS) is 13.7. The number of para-hydroxylation sites is 2. The van der Waals surface area contributed by atoms with E-state index in [0.717, 1.165) is 5.56 Å². The molecular weight excluding hydrogens is 425 g/mol. The number of hydrogen-bond donors (Lipinski definition) is 1. The summed E-state index contributed by atoms with van der Waals surface area (Å²) in [5, 5.41) is 2.89. The maximum atomic E-state index is 13.5. The lowest BCUT2D eigenvalue weighted by Crippen LogP contribution is -2.35. The van der Waals surface area contributed by atoms with Crippen LogP contribution in [-0.4, -0.2) is 12.0 Å². The molecule has 6 nitrogen and oxygen atoms in total. The molecule has 0 saturated heterocycles. The standard InChI is InChI=1S/C22H21ClNO5P/c1-17(22(25)27-16-18-10-4-2-5-11-18)24-30(26,28-19-12-6-3-7-13-19)29-21-15-9-8-14-20(21)23/h2-15,17H,16H2,1H3,(H,24,26)/t17-,30-/m0/s1. The molecular formula is C22H21ClNO5P. The molecule has 1 N–H and O–H groups in total. The van der Waals surface area contributed by atoms with Gasteiger partial charge in [0.2, 0.25) is 0 Å². The zero-order chi connectivity index (χ0) is 21.4. The Labute approximate surface area is 180 Å². The molecule has 2 atom stereocenters. The predicted molar refractivity (Wildman–Crippen MR) is 116 cm³/mol. The Kier molecular flexibility index (Phi) is 7.52. The minimum absolute atomic E-state index is 0.0981. The van der Waals surface area contributed by atoms with Gasteiger partial charge >= 0.3 is 13.7 Å². The average Bonchev–Trinajstić information content (AvgIpc) is 2.75. The Morgan fingerprint density at radius 1 is 0.933 bits per heavy atom. The van der Waals surface area contributed by atoms with Gasteiger partial charge in [0.25, 0.3) is 0 Å². The van der Waals surface area contributed by atoms with Crippen LogP contribution in [0.1, 0.15) is 12.5 Å². The Bertz CT molecular complexity index is 1020. The number of carbonyl (C=O) groups excluding carboxylic acids is 1. The summed E-state index contributed by atoms with van der Waals surface area (Å²) >= 11 is 6.13. The maximum absolute atomic E-state index is 13.5. The monoisotopic (exact) mass is 445 g/mol. The second kappa shape index (κ2) is 10.3. The van der Waals surface area contributed by atoms with Crippen LogP contribution in [0.25, 0.3) is 0 Å². The third kappa shape index (κ3) is 6.36. The van der Waals surface area contributed by atoms with Crippen molar-refractivity contribution in [2.75, 3.05) is 0 Å². The highest BCUT2D eigenvalue weighted by Gasteiger charge is 2.34. The summed E-state index contributed by atoms with van der Waals surface area (Å²) in [6.45, 7) is 1.62. The fraction of sp³-hybridized carbons (Fsp3) is 0.136. The van der Waals surface area contributed by atoms with Gasteiger partial charge in [-0.05, 0) is 36.8 Å². The third-order valence-corrected chi connectivity index (χ3v) is 5.86. The molecule has 30 heavy (non-hydrogen) atoms. The van der Waals surface area contributed by atoms with Crippen LogP contribution in [0.2, 0.25) is 5.02 Å². The Balaban J connectivity index is 1.73. The molecule has 0 radical (unpaired) electrons. The van der Waals surface area contributed by atoms with Gasteiger partial charge in [0.05, 0.1) is 5.02 Å². The average molecular weight is 446 g/mol. The molecule has 3 aromatic carbocycles. The molecule has 0 heterocycles. The molecule has 8 heteroatoms. The van der Waals surface area contributed by atoms with Crippen LogP contribution in [0.15, 0.2) is 84.9 Å². The third-order valence-electron chi connectivity index (χ3n) is 3.95. The summed E-state index contributed by atoms with van der Waals surface area (Å²) in [4.78, 5) is 12.4.